The van der Waals surface area contributed by atoms with Crippen LogP contribution in [-0.4, -0.2) is 66.0 Å². The van der Waals surface area contributed by atoms with Gasteiger partial charge in [-0.15, -0.1) is 12.4 Å². The van der Waals surface area contributed by atoms with Gasteiger partial charge in [-0.25, -0.2) is 4.98 Å². The quantitative estimate of drug-likeness (QED) is 0.776. The molecule has 28 heavy (non-hydrogen) atoms. The summed E-state index contributed by atoms with van der Waals surface area (Å²) in [6.07, 6.45) is 8.64. The molecule has 3 aliphatic rings. The van der Waals surface area contributed by atoms with Crippen LogP contribution < -0.4 is 4.90 Å². The van der Waals surface area contributed by atoms with E-state index in [1.165, 1.54) is 19.3 Å². The molecule has 1 amide bonds. The zero-order valence-corrected chi connectivity index (χ0v) is 17.2. The van der Waals surface area contributed by atoms with Crippen LogP contribution in [0.3, 0.4) is 0 Å². The minimum Gasteiger partial charge on any atom is -0.371 e. The zero-order valence-electron chi connectivity index (χ0n) is 16.4. The highest BCUT2D eigenvalue weighted by Crippen LogP contribution is 2.27. The number of amides is 1. The Morgan fingerprint density at radius 2 is 1.82 bits per heavy atom. The maximum atomic E-state index is 13.0. The fraction of sp³-hybridized carbons (Fsp3) is 0.667. The van der Waals surface area contributed by atoms with Crippen LogP contribution in [0.15, 0.2) is 18.3 Å². The highest BCUT2D eigenvalue weighted by Gasteiger charge is 2.31. The lowest BCUT2D eigenvalue weighted by atomic mass is 9.91. The SMILES string of the molecule is Cl.N#Cc1cc(N2CCC(C(=O)N3CCCN(C4CCC4)CC3)CC2)ccn1. The average Bonchev–Trinajstić information content (AvgIpc) is 2.92. The number of aromatic nitrogens is 1. The van der Waals surface area contributed by atoms with E-state index in [2.05, 4.69) is 25.8 Å². The van der Waals surface area contributed by atoms with Crippen molar-refractivity contribution in [3.05, 3.63) is 24.0 Å². The van der Waals surface area contributed by atoms with Gasteiger partial charge >= 0.3 is 0 Å². The Bertz CT molecular complexity index is 709. The summed E-state index contributed by atoms with van der Waals surface area (Å²) < 4.78 is 0. The van der Waals surface area contributed by atoms with Crippen LogP contribution >= 0.6 is 12.4 Å². The van der Waals surface area contributed by atoms with Gasteiger partial charge < -0.3 is 9.80 Å². The summed E-state index contributed by atoms with van der Waals surface area (Å²) >= 11 is 0. The molecule has 1 aliphatic carbocycles. The predicted molar refractivity (Wildman–Crippen MR) is 112 cm³/mol. The molecular formula is C21H30ClN5O. The lowest BCUT2D eigenvalue weighted by Crippen LogP contribution is -2.45. The smallest absolute Gasteiger partial charge is 0.225 e. The fourth-order valence-electron chi connectivity index (χ4n) is 4.59. The number of pyridine rings is 1. The Kier molecular flexibility index (Phi) is 7.14. The maximum Gasteiger partial charge on any atom is 0.225 e. The normalized spacial score (nSPS) is 22.0. The first-order valence-electron chi connectivity index (χ1n) is 10.4. The third-order valence-corrected chi connectivity index (χ3v) is 6.50. The molecule has 0 aromatic carbocycles. The molecule has 0 N–H and O–H groups in total. The molecule has 0 unspecified atom stereocenters. The summed E-state index contributed by atoms with van der Waals surface area (Å²) in [5, 5.41) is 9.03. The highest BCUT2D eigenvalue weighted by molar-refractivity contribution is 5.85. The van der Waals surface area contributed by atoms with Crippen molar-refractivity contribution < 1.29 is 4.79 Å². The first kappa shape index (κ1) is 20.9. The van der Waals surface area contributed by atoms with Crippen LogP contribution in [0, 0.1) is 17.2 Å². The summed E-state index contributed by atoms with van der Waals surface area (Å²) in [4.78, 5) is 24.1. The number of nitriles is 1. The number of rotatable bonds is 3. The summed E-state index contributed by atoms with van der Waals surface area (Å²) in [5.74, 6) is 0.506. The van der Waals surface area contributed by atoms with Crippen molar-refractivity contribution in [3.8, 4) is 6.07 Å². The minimum absolute atomic E-state index is 0. The Labute approximate surface area is 173 Å². The largest absolute Gasteiger partial charge is 0.371 e. The van der Waals surface area contributed by atoms with Gasteiger partial charge in [0.05, 0.1) is 0 Å². The number of hydrogen-bond donors (Lipinski definition) is 0. The number of anilines is 1. The van der Waals surface area contributed by atoms with Crippen molar-refractivity contribution in [1.82, 2.24) is 14.8 Å². The molecule has 1 aromatic heterocycles. The lowest BCUT2D eigenvalue weighted by Gasteiger charge is -2.37. The Morgan fingerprint density at radius 3 is 2.50 bits per heavy atom. The Hall–Kier alpha value is -1.84. The molecule has 0 bridgehead atoms. The third kappa shape index (κ3) is 4.59. The number of piperidine rings is 1. The minimum atomic E-state index is 0. The molecule has 3 heterocycles. The van der Waals surface area contributed by atoms with Gasteiger partial charge in [0.15, 0.2) is 0 Å². The second-order valence-electron chi connectivity index (χ2n) is 8.07. The topological polar surface area (TPSA) is 63.5 Å². The van der Waals surface area contributed by atoms with E-state index in [1.54, 1.807) is 6.20 Å². The third-order valence-electron chi connectivity index (χ3n) is 6.50. The van der Waals surface area contributed by atoms with Gasteiger partial charge in [-0.1, -0.05) is 6.42 Å². The van der Waals surface area contributed by atoms with E-state index >= 15 is 0 Å². The van der Waals surface area contributed by atoms with Crippen LogP contribution in [0.4, 0.5) is 5.69 Å². The van der Waals surface area contributed by atoms with E-state index in [0.29, 0.717) is 11.6 Å². The van der Waals surface area contributed by atoms with Gasteiger partial charge in [0, 0.05) is 63.1 Å². The molecule has 152 valence electrons. The van der Waals surface area contributed by atoms with Crippen LogP contribution in [-0.2, 0) is 4.79 Å². The molecule has 2 saturated heterocycles. The number of halogens is 1. The summed E-state index contributed by atoms with van der Waals surface area (Å²) in [6, 6.07) is 6.67. The molecule has 0 atom stereocenters. The second-order valence-corrected chi connectivity index (χ2v) is 8.07. The Morgan fingerprint density at radius 1 is 1.04 bits per heavy atom. The van der Waals surface area contributed by atoms with Crippen molar-refractivity contribution in [2.24, 2.45) is 5.92 Å². The van der Waals surface area contributed by atoms with Crippen LogP contribution in [0.5, 0.6) is 0 Å². The van der Waals surface area contributed by atoms with E-state index in [0.717, 1.165) is 70.3 Å². The van der Waals surface area contributed by atoms with Crippen molar-refractivity contribution in [3.63, 3.8) is 0 Å². The zero-order chi connectivity index (χ0) is 18.6. The molecular weight excluding hydrogens is 374 g/mol. The Balaban J connectivity index is 0.00000225. The lowest BCUT2D eigenvalue weighted by molar-refractivity contribution is -0.136. The van der Waals surface area contributed by atoms with E-state index in [1.807, 2.05) is 12.1 Å². The fourth-order valence-corrected chi connectivity index (χ4v) is 4.59. The van der Waals surface area contributed by atoms with E-state index < -0.39 is 0 Å². The first-order valence-corrected chi connectivity index (χ1v) is 10.4. The molecule has 0 spiro atoms. The van der Waals surface area contributed by atoms with Crippen LogP contribution in [0.2, 0.25) is 0 Å². The van der Waals surface area contributed by atoms with Gasteiger partial charge in [-0.05, 0) is 44.2 Å². The molecule has 0 radical (unpaired) electrons. The second kappa shape index (κ2) is 9.58. The maximum absolute atomic E-state index is 13.0. The van der Waals surface area contributed by atoms with Gasteiger partial charge in [0.2, 0.25) is 5.91 Å². The molecule has 1 saturated carbocycles. The number of carbonyl (C=O) groups is 1. The average molecular weight is 404 g/mol. The van der Waals surface area contributed by atoms with E-state index in [9.17, 15) is 4.79 Å². The van der Waals surface area contributed by atoms with Gasteiger partial charge in [-0.2, -0.15) is 5.26 Å². The molecule has 6 nitrogen and oxygen atoms in total. The number of hydrogen-bond acceptors (Lipinski definition) is 5. The van der Waals surface area contributed by atoms with Crippen molar-refractivity contribution in [2.45, 2.75) is 44.6 Å². The molecule has 1 aromatic rings. The van der Waals surface area contributed by atoms with Gasteiger partial charge in [-0.3, -0.25) is 9.69 Å². The van der Waals surface area contributed by atoms with Crippen molar-refractivity contribution in [1.29, 1.82) is 5.26 Å². The predicted octanol–water partition coefficient (Wildman–Crippen LogP) is 2.68. The molecule has 2 aliphatic heterocycles. The molecule has 4 rings (SSSR count). The first-order chi connectivity index (χ1) is 13.2. The summed E-state index contributed by atoms with van der Waals surface area (Å²) in [6.45, 7) is 5.74. The van der Waals surface area contributed by atoms with Crippen molar-refractivity contribution >= 4 is 24.0 Å². The summed E-state index contributed by atoms with van der Waals surface area (Å²) in [7, 11) is 0. The monoisotopic (exact) mass is 403 g/mol. The number of nitrogens with zero attached hydrogens (tertiary/aromatic N) is 5. The summed E-state index contributed by atoms with van der Waals surface area (Å²) in [5.41, 5.74) is 1.49. The van der Waals surface area contributed by atoms with Crippen LogP contribution in [0.25, 0.3) is 0 Å². The van der Waals surface area contributed by atoms with E-state index in [4.69, 9.17) is 5.26 Å². The number of carbonyl (C=O) groups excluding carboxylic acids is 1. The van der Waals surface area contributed by atoms with Gasteiger partial charge in [0.1, 0.15) is 11.8 Å². The standard InChI is InChI=1S/C21H29N5O.ClH/c22-16-18-15-20(5-8-23-18)25-11-6-17(7-12-25)21(27)26-10-2-9-24(13-14-26)19-3-1-4-19;/h5,8,15,17,19H,1-4,6-7,9-14H2;1H. The van der Waals surface area contributed by atoms with E-state index in [-0.39, 0.29) is 18.3 Å². The van der Waals surface area contributed by atoms with Gasteiger partial charge in [0.25, 0.3) is 0 Å². The van der Waals surface area contributed by atoms with Crippen LogP contribution in [0.1, 0.15) is 44.2 Å². The molecule has 7 heteroatoms. The molecule has 3 fully saturated rings. The highest BCUT2D eigenvalue weighted by atomic mass is 35.5. The van der Waals surface area contributed by atoms with Crippen molar-refractivity contribution in [2.75, 3.05) is 44.2 Å².